The molecule has 0 amide bonds. The number of aromatic nitrogens is 1. The van der Waals surface area contributed by atoms with Gasteiger partial charge in [0.15, 0.2) is 0 Å². The fraction of sp³-hybridized carbons (Fsp3) is 0.286. The van der Waals surface area contributed by atoms with Crippen molar-refractivity contribution in [3.8, 4) is 5.75 Å². The Morgan fingerprint density at radius 1 is 1.47 bits per heavy atom. The normalized spacial score (nSPS) is 14.8. The SMILES string of the molecule is C=CN1CCc2c([nH]c3ccc(OC)cc23)C1. The van der Waals surface area contributed by atoms with Crippen LogP contribution in [0, 0.1) is 0 Å². The predicted octanol–water partition coefficient (Wildman–Crippen LogP) is 2.68. The summed E-state index contributed by atoms with van der Waals surface area (Å²) in [5, 5.41) is 1.29. The van der Waals surface area contributed by atoms with Gasteiger partial charge in [0, 0.05) is 23.1 Å². The van der Waals surface area contributed by atoms with Crippen molar-refractivity contribution in [3.63, 3.8) is 0 Å². The molecule has 0 aliphatic carbocycles. The third kappa shape index (κ3) is 1.58. The van der Waals surface area contributed by atoms with E-state index < -0.39 is 0 Å². The minimum Gasteiger partial charge on any atom is -0.497 e. The first kappa shape index (κ1) is 10.3. The first-order valence-corrected chi connectivity index (χ1v) is 5.86. The molecule has 3 heteroatoms. The molecule has 1 aliphatic rings. The second-order valence-electron chi connectivity index (χ2n) is 4.40. The standard InChI is InChI=1S/C14H16N2O/c1-3-16-7-6-11-12-8-10(17-2)4-5-13(12)15-14(11)9-16/h3-5,8,15H,1,6-7,9H2,2H3. The number of rotatable bonds is 2. The average Bonchev–Trinajstić information content (AvgIpc) is 2.74. The predicted molar refractivity (Wildman–Crippen MR) is 69.2 cm³/mol. The molecular weight excluding hydrogens is 212 g/mol. The molecule has 0 spiro atoms. The van der Waals surface area contributed by atoms with Gasteiger partial charge in [-0.25, -0.2) is 0 Å². The van der Waals surface area contributed by atoms with E-state index in [2.05, 4.69) is 28.6 Å². The highest BCUT2D eigenvalue weighted by molar-refractivity contribution is 5.86. The Kier molecular flexibility index (Phi) is 2.32. The Labute approximate surface area is 101 Å². The molecule has 0 fully saturated rings. The fourth-order valence-electron chi connectivity index (χ4n) is 2.52. The Hall–Kier alpha value is -1.90. The highest BCUT2D eigenvalue weighted by Crippen LogP contribution is 2.30. The highest BCUT2D eigenvalue weighted by atomic mass is 16.5. The maximum atomic E-state index is 5.28. The third-order valence-electron chi connectivity index (χ3n) is 3.47. The lowest BCUT2D eigenvalue weighted by atomic mass is 10.0. The lowest BCUT2D eigenvalue weighted by molar-refractivity contribution is 0.350. The van der Waals surface area contributed by atoms with E-state index in [1.807, 2.05) is 12.3 Å². The maximum Gasteiger partial charge on any atom is 0.119 e. The summed E-state index contributed by atoms with van der Waals surface area (Å²) in [5.41, 5.74) is 3.93. The summed E-state index contributed by atoms with van der Waals surface area (Å²) in [6.45, 7) is 5.80. The van der Waals surface area contributed by atoms with E-state index in [-0.39, 0.29) is 0 Å². The van der Waals surface area contributed by atoms with Gasteiger partial charge in [0.2, 0.25) is 0 Å². The monoisotopic (exact) mass is 228 g/mol. The first-order chi connectivity index (χ1) is 8.31. The lowest BCUT2D eigenvalue weighted by Crippen LogP contribution is -2.25. The smallest absolute Gasteiger partial charge is 0.119 e. The third-order valence-corrected chi connectivity index (χ3v) is 3.47. The topological polar surface area (TPSA) is 28.3 Å². The van der Waals surface area contributed by atoms with Gasteiger partial charge in [0.1, 0.15) is 5.75 Å². The number of fused-ring (bicyclic) bond motifs is 3. The Bertz CT molecular complexity index is 571. The summed E-state index contributed by atoms with van der Waals surface area (Å²) in [4.78, 5) is 5.72. The van der Waals surface area contributed by atoms with Gasteiger partial charge in [-0.3, -0.25) is 0 Å². The van der Waals surface area contributed by atoms with Gasteiger partial charge in [0.25, 0.3) is 0 Å². The average molecular weight is 228 g/mol. The number of benzene rings is 1. The minimum absolute atomic E-state index is 0.922. The van der Waals surface area contributed by atoms with Crippen LogP contribution in [0.25, 0.3) is 10.9 Å². The van der Waals surface area contributed by atoms with Crippen molar-refractivity contribution in [1.82, 2.24) is 9.88 Å². The molecule has 2 aromatic rings. The summed E-state index contributed by atoms with van der Waals surface area (Å²) in [7, 11) is 1.71. The summed E-state index contributed by atoms with van der Waals surface area (Å²) in [6.07, 6.45) is 2.98. The molecule has 1 aliphatic heterocycles. The van der Waals surface area contributed by atoms with E-state index in [9.17, 15) is 0 Å². The Morgan fingerprint density at radius 2 is 2.35 bits per heavy atom. The van der Waals surface area contributed by atoms with Crippen LogP contribution in [0.3, 0.4) is 0 Å². The van der Waals surface area contributed by atoms with Gasteiger partial charge in [-0.1, -0.05) is 6.58 Å². The summed E-state index contributed by atoms with van der Waals surface area (Å²) < 4.78 is 5.28. The van der Waals surface area contributed by atoms with Crippen LogP contribution in [0.15, 0.2) is 31.0 Å². The summed E-state index contributed by atoms with van der Waals surface area (Å²) in [6, 6.07) is 6.20. The van der Waals surface area contributed by atoms with Gasteiger partial charge in [-0.2, -0.15) is 0 Å². The van der Waals surface area contributed by atoms with Crippen LogP contribution >= 0.6 is 0 Å². The molecule has 17 heavy (non-hydrogen) atoms. The van der Waals surface area contributed by atoms with E-state index in [0.29, 0.717) is 0 Å². The number of H-pyrrole nitrogens is 1. The molecule has 1 N–H and O–H groups in total. The number of hydrogen-bond donors (Lipinski definition) is 1. The van der Waals surface area contributed by atoms with Crippen LogP contribution in [-0.4, -0.2) is 23.5 Å². The van der Waals surface area contributed by atoms with Crippen molar-refractivity contribution in [3.05, 3.63) is 42.2 Å². The molecule has 0 radical (unpaired) electrons. The maximum absolute atomic E-state index is 5.28. The van der Waals surface area contributed by atoms with Crippen LogP contribution in [-0.2, 0) is 13.0 Å². The van der Waals surface area contributed by atoms with Crippen LogP contribution in [0.4, 0.5) is 0 Å². The van der Waals surface area contributed by atoms with Gasteiger partial charge >= 0.3 is 0 Å². The lowest BCUT2D eigenvalue weighted by Gasteiger charge is -2.24. The number of nitrogens with one attached hydrogen (secondary N) is 1. The van der Waals surface area contributed by atoms with Gasteiger partial charge in [-0.15, -0.1) is 0 Å². The molecule has 0 saturated carbocycles. The van der Waals surface area contributed by atoms with Crippen molar-refractivity contribution < 1.29 is 4.74 Å². The Balaban J connectivity index is 2.12. The fourth-order valence-corrected chi connectivity index (χ4v) is 2.52. The van der Waals surface area contributed by atoms with Crippen molar-refractivity contribution >= 4 is 10.9 Å². The van der Waals surface area contributed by atoms with Crippen LogP contribution in [0.2, 0.25) is 0 Å². The first-order valence-electron chi connectivity index (χ1n) is 5.86. The molecule has 0 bridgehead atoms. The summed E-state index contributed by atoms with van der Waals surface area (Å²) >= 11 is 0. The quantitative estimate of drug-likeness (QED) is 0.856. The minimum atomic E-state index is 0.922. The number of ether oxygens (including phenoxy) is 1. The second-order valence-corrected chi connectivity index (χ2v) is 4.40. The number of nitrogens with zero attached hydrogens (tertiary/aromatic N) is 1. The zero-order valence-corrected chi connectivity index (χ0v) is 9.99. The van der Waals surface area contributed by atoms with Gasteiger partial charge < -0.3 is 14.6 Å². The molecule has 88 valence electrons. The van der Waals surface area contributed by atoms with Crippen LogP contribution in [0.5, 0.6) is 5.75 Å². The zero-order chi connectivity index (χ0) is 11.8. The van der Waals surface area contributed by atoms with Gasteiger partial charge in [-0.05, 0) is 36.4 Å². The van der Waals surface area contributed by atoms with Crippen molar-refractivity contribution in [1.29, 1.82) is 0 Å². The molecular formula is C14H16N2O. The number of aromatic amines is 1. The number of methoxy groups -OCH3 is 1. The molecule has 1 aromatic heterocycles. The highest BCUT2D eigenvalue weighted by Gasteiger charge is 2.18. The van der Waals surface area contributed by atoms with E-state index in [1.165, 1.54) is 22.2 Å². The summed E-state index contributed by atoms with van der Waals surface area (Å²) in [5.74, 6) is 0.922. The largest absolute Gasteiger partial charge is 0.497 e. The van der Waals surface area contributed by atoms with Crippen LogP contribution in [0.1, 0.15) is 11.3 Å². The Morgan fingerprint density at radius 3 is 3.12 bits per heavy atom. The molecule has 0 saturated heterocycles. The number of hydrogen-bond acceptors (Lipinski definition) is 2. The van der Waals surface area contributed by atoms with Crippen molar-refractivity contribution in [2.24, 2.45) is 0 Å². The molecule has 0 atom stereocenters. The van der Waals surface area contributed by atoms with E-state index in [4.69, 9.17) is 4.74 Å². The van der Waals surface area contributed by atoms with E-state index >= 15 is 0 Å². The molecule has 0 unspecified atom stereocenters. The van der Waals surface area contributed by atoms with E-state index in [0.717, 1.165) is 25.3 Å². The van der Waals surface area contributed by atoms with Crippen LogP contribution < -0.4 is 4.74 Å². The molecule has 2 heterocycles. The zero-order valence-electron chi connectivity index (χ0n) is 9.99. The molecule has 3 nitrogen and oxygen atoms in total. The van der Waals surface area contributed by atoms with Crippen molar-refractivity contribution in [2.75, 3.05) is 13.7 Å². The second kappa shape index (κ2) is 3.84. The molecule has 1 aromatic carbocycles. The molecule has 3 rings (SSSR count). The van der Waals surface area contributed by atoms with Crippen molar-refractivity contribution in [2.45, 2.75) is 13.0 Å². The van der Waals surface area contributed by atoms with Gasteiger partial charge in [0.05, 0.1) is 13.7 Å². The van der Waals surface area contributed by atoms with E-state index in [1.54, 1.807) is 7.11 Å².